The van der Waals surface area contributed by atoms with Crippen molar-refractivity contribution < 1.29 is 0 Å². The van der Waals surface area contributed by atoms with Crippen molar-refractivity contribution >= 4 is 10.9 Å². The van der Waals surface area contributed by atoms with E-state index in [0.29, 0.717) is 0 Å². The van der Waals surface area contributed by atoms with Crippen LogP contribution in [-0.4, -0.2) is 4.98 Å². The molecule has 0 atom stereocenters. The molecule has 1 heteroatoms. The van der Waals surface area contributed by atoms with E-state index in [0.717, 1.165) is 5.92 Å². The molecule has 1 aromatic carbocycles. The molecule has 1 saturated carbocycles. The molecule has 90 valence electrons. The Morgan fingerprint density at radius 3 is 2.53 bits per heavy atom. The summed E-state index contributed by atoms with van der Waals surface area (Å²) < 4.78 is 0. The van der Waals surface area contributed by atoms with Gasteiger partial charge in [0.25, 0.3) is 0 Å². The maximum atomic E-state index is 3.66. The Hall–Kier alpha value is -1.24. The van der Waals surface area contributed by atoms with Crippen LogP contribution in [0, 0.1) is 13.8 Å². The van der Waals surface area contributed by atoms with Crippen molar-refractivity contribution in [2.45, 2.75) is 51.9 Å². The molecule has 0 radical (unpaired) electrons. The van der Waals surface area contributed by atoms with Crippen LogP contribution < -0.4 is 0 Å². The largest absolute Gasteiger partial charge is 0.358 e. The number of aromatic nitrogens is 1. The number of fused-ring (bicyclic) bond motifs is 1. The Morgan fingerprint density at radius 1 is 1.00 bits per heavy atom. The van der Waals surface area contributed by atoms with Crippen LogP contribution in [0.15, 0.2) is 18.2 Å². The average Bonchev–Trinajstić information content (AvgIpc) is 2.74. The number of benzene rings is 1. The predicted octanol–water partition coefficient (Wildman–Crippen LogP) is 4.83. The lowest BCUT2D eigenvalue weighted by atomic mass is 9.87. The second kappa shape index (κ2) is 4.21. The van der Waals surface area contributed by atoms with Gasteiger partial charge in [-0.25, -0.2) is 0 Å². The monoisotopic (exact) mass is 227 g/mol. The normalized spacial score (nSPS) is 17.8. The molecule has 1 aliphatic rings. The zero-order chi connectivity index (χ0) is 11.8. The fourth-order valence-electron chi connectivity index (χ4n) is 3.27. The SMILES string of the molecule is Cc1cc(C)c2[nH]c(C3CCCCC3)cc2c1. The first-order valence-corrected chi connectivity index (χ1v) is 6.84. The van der Waals surface area contributed by atoms with Crippen molar-refractivity contribution in [1.82, 2.24) is 4.98 Å². The van der Waals surface area contributed by atoms with Crippen LogP contribution in [0.25, 0.3) is 10.9 Å². The van der Waals surface area contributed by atoms with Crippen molar-refractivity contribution in [3.63, 3.8) is 0 Å². The van der Waals surface area contributed by atoms with Crippen LogP contribution in [0.4, 0.5) is 0 Å². The molecule has 2 aromatic rings. The quantitative estimate of drug-likeness (QED) is 0.718. The second-order valence-corrected chi connectivity index (χ2v) is 5.61. The summed E-state index contributed by atoms with van der Waals surface area (Å²) in [5.74, 6) is 0.774. The van der Waals surface area contributed by atoms with Gasteiger partial charge in [0, 0.05) is 16.6 Å². The molecule has 0 spiro atoms. The van der Waals surface area contributed by atoms with Gasteiger partial charge in [-0.05, 0) is 50.3 Å². The van der Waals surface area contributed by atoms with E-state index in [1.54, 1.807) is 0 Å². The summed E-state index contributed by atoms with van der Waals surface area (Å²) in [5.41, 5.74) is 5.55. The molecule has 1 fully saturated rings. The first kappa shape index (κ1) is 10.9. The van der Waals surface area contributed by atoms with E-state index in [1.165, 1.54) is 59.8 Å². The average molecular weight is 227 g/mol. The van der Waals surface area contributed by atoms with Crippen molar-refractivity contribution in [1.29, 1.82) is 0 Å². The third-order valence-electron chi connectivity index (χ3n) is 4.14. The molecule has 0 bridgehead atoms. The minimum atomic E-state index is 0.774. The fraction of sp³-hybridized carbons (Fsp3) is 0.500. The van der Waals surface area contributed by atoms with Crippen LogP contribution in [0.1, 0.15) is 54.8 Å². The molecule has 1 aromatic heterocycles. The maximum absolute atomic E-state index is 3.66. The summed E-state index contributed by atoms with van der Waals surface area (Å²) in [7, 11) is 0. The molecule has 1 N–H and O–H groups in total. The van der Waals surface area contributed by atoms with Crippen LogP contribution >= 0.6 is 0 Å². The highest BCUT2D eigenvalue weighted by atomic mass is 14.7. The Labute approximate surface area is 103 Å². The highest BCUT2D eigenvalue weighted by molar-refractivity contribution is 5.84. The minimum Gasteiger partial charge on any atom is -0.358 e. The highest BCUT2D eigenvalue weighted by Crippen LogP contribution is 2.34. The van der Waals surface area contributed by atoms with Crippen LogP contribution in [-0.2, 0) is 0 Å². The number of aromatic amines is 1. The molecule has 0 unspecified atom stereocenters. The van der Waals surface area contributed by atoms with Gasteiger partial charge in [0.15, 0.2) is 0 Å². The molecule has 1 aliphatic carbocycles. The van der Waals surface area contributed by atoms with Crippen molar-refractivity contribution in [3.05, 3.63) is 35.0 Å². The Bertz CT molecular complexity index is 530. The standard InChI is InChI=1S/C16H21N/c1-11-8-12(2)16-14(9-11)10-15(17-16)13-6-4-3-5-7-13/h8-10,13,17H,3-7H2,1-2H3. The van der Waals surface area contributed by atoms with Crippen molar-refractivity contribution in [2.24, 2.45) is 0 Å². The summed E-state index contributed by atoms with van der Waals surface area (Å²) in [6, 6.07) is 6.94. The predicted molar refractivity (Wildman–Crippen MR) is 73.6 cm³/mol. The van der Waals surface area contributed by atoms with Gasteiger partial charge in [-0.2, -0.15) is 0 Å². The molecular weight excluding hydrogens is 206 g/mol. The molecule has 0 saturated heterocycles. The number of nitrogens with one attached hydrogen (secondary N) is 1. The molecule has 0 amide bonds. The zero-order valence-corrected chi connectivity index (χ0v) is 10.8. The zero-order valence-electron chi connectivity index (χ0n) is 10.8. The van der Waals surface area contributed by atoms with E-state index in [4.69, 9.17) is 0 Å². The van der Waals surface area contributed by atoms with Gasteiger partial charge in [-0.3, -0.25) is 0 Å². The Balaban J connectivity index is 2.03. The molecule has 1 nitrogen and oxygen atoms in total. The van der Waals surface area contributed by atoms with Crippen LogP contribution in [0.2, 0.25) is 0 Å². The van der Waals surface area contributed by atoms with Gasteiger partial charge in [0.05, 0.1) is 0 Å². The lowest BCUT2D eigenvalue weighted by Gasteiger charge is -2.20. The first-order chi connectivity index (χ1) is 8.24. The Kier molecular flexibility index (Phi) is 2.70. The number of rotatable bonds is 1. The summed E-state index contributed by atoms with van der Waals surface area (Å²) in [5, 5.41) is 1.39. The van der Waals surface area contributed by atoms with E-state index in [9.17, 15) is 0 Å². The smallest absolute Gasteiger partial charge is 0.0486 e. The fourth-order valence-corrected chi connectivity index (χ4v) is 3.27. The topological polar surface area (TPSA) is 15.8 Å². The van der Waals surface area contributed by atoms with Gasteiger partial charge < -0.3 is 4.98 Å². The number of hydrogen-bond acceptors (Lipinski definition) is 0. The molecule has 3 rings (SSSR count). The number of hydrogen-bond donors (Lipinski definition) is 1. The van der Waals surface area contributed by atoms with Crippen LogP contribution in [0.5, 0.6) is 0 Å². The lowest BCUT2D eigenvalue weighted by molar-refractivity contribution is 0.438. The number of H-pyrrole nitrogens is 1. The second-order valence-electron chi connectivity index (χ2n) is 5.61. The number of aryl methyl sites for hydroxylation is 2. The third-order valence-corrected chi connectivity index (χ3v) is 4.14. The van der Waals surface area contributed by atoms with Gasteiger partial charge in [-0.15, -0.1) is 0 Å². The molecule has 1 heterocycles. The molecular formula is C16H21N. The van der Waals surface area contributed by atoms with Gasteiger partial charge in [0.2, 0.25) is 0 Å². The lowest BCUT2D eigenvalue weighted by Crippen LogP contribution is -2.04. The molecule has 0 aliphatic heterocycles. The summed E-state index contributed by atoms with van der Waals surface area (Å²) in [6.07, 6.45) is 6.96. The van der Waals surface area contributed by atoms with Gasteiger partial charge >= 0.3 is 0 Å². The first-order valence-electron chi connectivity index (χ1n) is 6.84. The molecule has 17 heavy (non-hydrogen) atoms. The third kappa shape index (κ3) is 1.99. The van der Waals surface area contributed by atoms with Crippen molar-refractivity contribution in [2.75, 3.05) is 0 Å². The van der Waals surface area contributed by atoms with Gasteiger partial charge in [-0.1, -0.05) is 30.9 Å². The summed E-state index contributed by atoms with van der Waals surface area (Å²) >= 11 is 0. The van der Waals surface area contributed by atoms with E-state index < -0.39 is 0 Å². The minimum absolute atomic E-state index is 0.774. The Morgan fingerprint density at radius 2 is 1.76 bits per heavy atom. The van der Waals surface area contributed by atoms with E-state index in [-0.39, 0.29) is 0 Å². The van der Waals surface area contributed by atoms with E-state index >= 15 is 0 Å². The highest BCUT2D eigenvalue weighted by Gasteiger charge is 2.17. The maximum Gasteiger partial charge on any atom is 0.0486 e. The van der Waals surface area contributed by atoms with E-state index in [1.807, 2.05) is 0 Å². The van der Waals surface area contributed by atoms with Gasteiger partial charge in [0.1, 0.15) is 0 Å². The summed E-state index contributed by atoms with van der Waals surface area (Å²) in [6.45, 7) is 4.39. The van der Waals surface area contributed by atoms with Crippen molar-refractivity contribution in [3.8, 4) is 0 Å². The van der Waals surface area contributed by atoms with Crippen LogP contribution in [0.3, 0.4) is 0 Å². The van der Waals surface area contributed by atoms with E-state index in [2.05, 4.69) is 37.0 Å². The summed E-state index contributed by atoms with van der Waals surface area (Å²) in [4.78, 5) is 3.66.